The van der Waals surface area contributed by atoms with Crippen LogP contribution in [-0.2, 0) is 14.2 Å². The second-order valence-electron chi connectivity index (χ2n) is 6.58. The molecule has 3 aliphatic rings. The minimum Gasteiger partial charge on any atom is -0.373 e. The molecule has 1 spiro atoms. The smallest absolute Gasteiger partial charge is 0.171 e. The van der Waals surface area contributed by atoms with E-state index in [2.05, 4.69) is 6.92 Å². The first-order valence-corrected chi connectivity index (χ1v) is 7.86. The van der Waals surface area contributed by atoms with Crippen molar-refractivity contribution in [1.82, 2.24) is 0 Å². The molecule has 0 bridgehead atoms. The highest BCUT2D eigenvalue weighted by Crippen LogP contribution is 2.38. The molecule has 4 heteroatoms. The summed E-state index contributed by atoms with van der Waals surface area (Å²) in [4.78, 5) is 0. The largest absolute Gasteiger partial charge is 0.373 e. The predicted octanol–water partition coefficient (Wildman–Crippen LogP) is 2.20. The summed E-state index contributed by atoms with van der Waals surface area (Å²) in [5.41, 5.74) is 6.25. The molecule has 2 aliphatic carbocycles. The predicted molar refractivity (Wildman–Crippen MR) is 72.8 cm³/mol. The van der Waals surface area contributed by atoms with Crippen LogP contribution >= 0.6 is 0 Å². The summed E-state index contributed by atoms with van der Waals surface area (Å²) in [6.07, 6.45) is 8.12. The fourth-order valence-electron chi connectivity index (χ4n) is 3.79. The maximum Gasteiger partial charge on any atom is 0.171 e. The lowest BCUT2D eigenvalue weighted by Crippen LogP contribution is -2.51. The van der Waals surface area contributed by atoms with Gasteiger partial charge in [0.1, 0.15) is 0 Å². The maximum atomic E-state index is 6.32. The number of hydrogen-bond donors (Lipinski definition) is 1. The van der Waals surface area contributed by atoms with Crippen LogP contribution in [0.4, 0.5) is 0 Å². The molecule has 0 radical (unpaired) electrons. The highest BCUT2D eigenvalue weighted by atomic mass is 16.7. The Balaban J connectivity index is 1.58. The minimum atomic E-state index is -0.388. The lowest BCUT2D eigenvalue weighted by atomic mass is 9.86. The highest BCUT2D eigenvalue weighted by Gasteiger charge is 2.45. The Bertz CT molecular complexity index is 304. The number of ether oxygens (including phenoxy) is 3. The van der Waals surface area contributed by atoms with Crippen LogP contribution in [0.25, 0.3) is 0 Å². The van der Waals surface area contributed by atoms with E-state index in [-0.39, 0.29) is 17.9 Å². The van der Waals surface area contributed by atoms with E-state index in [1.807, 2.05) is 0 Å². The molecule has 4 unspecified atom stereocenters. The van der Waals surface area contributed by atoms with Gasteiger partial charge >= 0.3 is 0 Å². The lowest BCUT2D eigenvalue weighted by Gasteiger charge is -2.41. The summed E-state index contributed by atoms with van der Waals surface area (Å²) >= 11 is 0. The molecule has 110 valence electrons. The fourth-order valence-corrected chi connectivity index (χ4v) is 3.79. The van der Waals surface area contributed by atoms with Crippen LogP contribution in [0.3, 0.4) is 0 Å². The Kier molecular flexibility index (Phi) is 4.13. The van der Waals surface area contributed by atoms with Crippen molar-refractivity contribution in [2.75, 3.05) is 13.2 Å². The first-order chi connectivity index (χ1) is 9.17. The minimum absolute atomic E-state index is 0.0992. The van der Waals surface area contributed by atoms with Gasteiger partial charge in [-0.15, -0.1) is 0 Å². The lowest BCUT2D eigenvalue weighted by molar-refractivity contribution is -0.212. The topological polar surface area (TPSA) is 53.7 Å². The number of nitrogens with two attached hydrogens (primary N) is 1. The molecule has 1 heterocycles. The molecule has 4 nitrogen and oxygen atoms in total. The average molecular weight is 269 g/mol. The van der Waals surface area contributed by atoms with Crippen molar-refractivity contribution < 1.29 is 14.2 Å². The van der Waals surface area contributed by atoms with E-state index >= 15 is 0 Å². The summed E-state index contributed by atoms with van der Waals surface area (Å²) in [7, 11) is 0. The summed E-state index contributed by atoms with van der Waals surface area (Å²) < 4.78 is 17.9. The van der Waals surface area contributed by atoms with Crippen molar-refractivity contribution in [2.24, 2.45) is 11.7 Å². The van der Waals surface area contributed by atoms with E-state index < -0.39 is 0 Å². The molecule has 2 N–H and O–H groups in total. The third-order valence-corrected chi connectivity index (χ3v) is 4.92. The monoisotopic (exact) mass is 269 g/mol. The standard InChI is InChI=1S/C15H27NO3/c1-11-3-2-4-12(9-11)19-14-10-15(6-5-13(14)16)17-7-8-18-15/h11-14H,2-10,16H2,1H3. The van der Waals surface area contributed by atoms with Gasteiger partial charge in [0.2, 0.25) is 0 Å². The third kappa shape index (κ3) is 3.13. The van der Waals surface area contributed by atoms with Gasteiger partial charge in [-0.25, -0.2) is 0 Å². The molecule has 2 saturated carbocycles. The normalized spacial score (nSPS) is 42.6. The molecule has 3 rings (SSSR count). The zero-order valence-electron chi connectivity index (χ0n) is 12.0. The average Bonchev–Trinajstić information content (AvgIpc) is 2.83. The van der Waals surface area contributed by atoms with Gasteiger partial charge in [-0.1, -0.05) is 19.8 Å². The van der Waals surface area contributed by atoms with Crippen molar-refractivity contribution in [3.05, 3.63) is 0 Å². The summed E-state index contributed by atoms with van der Waals surface area (Å²) in [5.74, 6) is 0.396. The van der Waals surface area contributed by atoms with Crippen LogP contribution in [0.15, 0.2) is 0 Å². The van der Waals surface area contributed by atoms with Crippen LogP contribution < -0.4 is 5.73 Å². The van der Waals surface area contributed by atoms with Gasteiger partial charge in [-0.2, -0.15) is 0 Å². The SMILES string of the molecule is CC1CCCC(OC2CC3(CCC2N)OCCO3)C1. The second-order valence-corrected chi connectivity index (χ2v) is 6.58. The molecular weight excluding hydrogens is 242 g/mol. The highest BCUT2D eigenvalue weighted by molar-refractivity contribution is 4.91. The Labute approximate surface area is 116 Å². The Morgan fingerprint density at radius 2 is 1.95 bits per heavy atom. The van der Waals surface area contributed by atoms with Gasteiger partial charge in [-0.3, -0.25) is 0 Å². The zero-order chi connectivity index (χ0) is 13.3. The Hall–Kier alpha value is -0.160. The molecular formula is C15H27NO3. The van der Waals surface area contributed by atoms with Crippen molar-refractivity contribution in [2.45, 2.75) is 75.9 Å². The molecule has 4 atom stereocenters. The third-order valence-electron chi connectivity index (χ3n) is 4.92. The number of rotatable bonds is 2. The first kappa shape index (κ1) is 13.8. The van der Waals surface area contributed by atoms with E-state index in [0.29, 0.717) is 19.3 Å². The van der Waals surface area contributed by atoms with Crippen molar-refractivity contribution >= 4 is 0 Å². The summed E-state index contributed by atoms with van der Waals surface area (Å²) in [5, 5.41) is 0. The fraction of sp³-hybridized carbons (Fsp3) is 1.00. The summed E-state index contributed by atoms with van der Waals surface area (Å²) in [6, 6.07) is 0.135. The van der Waals surface area contributed by atoms with Gasteiger partial charge < -0.3 is 19.9 Å². The van der Waals surface area contributed by atoms with Crippen LogP contribution in [0.5, 0.6) is 0 Å². The van der Waals surface area contributed by atoms with E-state index in [0.717, 1.165) is 25.2 Å². The zero-order valence-corrected chi connectivity index (χ0v) is 12.0. The van der Waals surface area contributed by atoms with E-state index in [9.17, 15) is 0 Å². The Morgan fingerprint density at radius 3 is 2.68 bits per heavy atom. The van der Waals surface area contributed by atoms with Gasteiger partial charge in [0.25, 0.3) is 0 Å². The van der Waals surface area contributed by atoms with E-state index in [4.69, 9.17) is 19.9 Å². The summed E-state index contributed by atoms with van der Waals surface area (Å²) in [6.45, 7) is 3.74. The van der Waals surface area contributed by atoms with Crippen molar-refractivity contribution in [3.63, 3.8) is 0 Å². The number of hydrogen-bond acceptors (Lipinski definition) is 4. The molecule has 0 aromatic rings. The quantitative estimate of drug-likeness (QED) is 0.835. The van der Waals surface area contributed by atoms with Gasteiger partial charge in [0, 0.05) is 18.9 Å². The van der Waals surface area contributed by atoms with Crippen LogP contribution in [0.1, 0.15) is 51.9 Å². The first-order valence-electron chi connectivity index (χ1n) is 7.86. The van der Waals surface area contributed by atoms with Gasteiger partial charge in [0.05, 0.1) is 25.4 Å². The molecule has 1 aliphatic heterocycles. The van der Waals surface area contributed by atoms with Crippen molar-refractivity contribution in [1.29, 1.82) is 0 Å². The molecule has 0 aromatic heterocycles. The van der Waals surface area contributed by atoms with E-state index in [1.165, 1.54) is 25.7 Å². The molecule has 19 heavy (non-hydrogen) atoms. The molecule has 0 amide bonds. The van der Waals surface area contributed by atoms with Crippen LogP contribution in [0, 0.1) is 5.92 Å². The second kappa shape index (κ2) is 5.68. The molecule has 3 fully saturated rings. The maximum absolute atomic E-state index is 6.32. The van der Waals surface area contributed by atoms with Crippen molar-refractivity contribution in [3.8, 4) is 0 Å². The molecule has 0 aromatic carbocycles. The van der Waals surface area contributed by atoms with E-state index in [1.54, 1.807) is 0 Å². The molecule has 1 saturated heterocycles. The van der Waals surface area contributed by atoms with Gasteiger partial charge in [-0.05, 0) is 25.2 Å². The Morgan fingerprint density at radius 1 is 1.16 bits per heavy atom. The van der Waals surface area contributed by atoms with Gasteiger partial charge in [0.15, 0.2) is 5.79 Å². The van der Waals surface area contributed by atoms with Crippen LogP contribution in [-0.4, -0.2) is 37.3 Å². The van der Waals surface area contributed by atoms with Crippen LogP contribution in [0.2, 0.25) is 0 Å².